The predicted molar refractivity (Wildman–Crippen MR) is 95.2 cm³/mol. The van der Waals surface area contributed by atoms with Gasteiger partial charge in [-0.3, -0.25) is 0 Å². The maximum absolute atomic E-state index is 5.79. The Balaban J connectivity index is 0.00000208. The van der Waals surface area contributed by atoms with E-state index in [-0.39, 0.29) is 12.4 Å². The first kappa shape index (κ1) is 18.7. The molecule has 1 fully saturated rings. The Kier molecular flexibility index (Phi) is 7.49. The van der Waals surface area contributed by atoms with Crippen molar-refractivity contribution >= 4 is 12.4 Å². The summed E-state index contributed by atoms with van der Waals surface area (Å²) in [6.45, 7) is 4.64. The number of rotatable bonds is 7. The molecule has 3 heterocycles. The van der Waals surface area contributed by atoms with Crippen LogP contribution in [0.3, 0.4) is 0 Å². The maximum Gasteiger partial charge on any atom is 0.180 e. The normalized spacial score (nSPS) is 16.8. The molecular formula is C17H24ClN5O. The SMILES string of the molecule is Cc1cc(CCCOCC2CCCN2)c(-c2ncccn2)nn1.Cl. The fraction of sp³-hybridized carbons (Fsp3) is 0.529. The highest BCUT2D eigenvalue weighted by molar-refractivity contribution is 5.85. The number of hydrogen-bond acceptors (Lipinski definition) is 6. The van der Waals surface area contributed by atoms with E-state index in [1.54, 1.807) is 18.5 Å². The number of nitrogens with zero attached hydrogens (tertiary/aromatic N) is 4. The van der Waals surface area contributed by atoms with Crippen LogP contribution in [0.1, 0.15) is 30.5 Å². The van der Waals surface area contributed by atoms with E-state index < -0.39 is 0 Å². The lowest BCUT2D eigenvalue weighted by atomic mass is 10.1. The molecule has 6 nitrogen and oxygen atoms in total. The molecule has 7 heteroatoms. The number of ether oxygens (including phenoxy) is 1. The highest BCUT2D eigenvalue weighted by Crippen LogP contribution is 2.18. The highest BCUT2D eigenvalue weighted by atomic mass is 35.5. The van der Waals surface area contributed by atoms with Gasteiger partial charge in [-0.25, -0.2) is 9.97 Å². The average molecular weight is 350 g/mol. The molecule has 0 spiro atoms. The first-order valence-corrected chi connectivity index (χ1v) is 8.24. The second kappa shape index (κ2) is 9.61. The van der Waals surface area contributed by atoms with Crippen LogP contribution in [-0.4, -0.2) is 46.0 Å². The topological polar surface area (TPSA) is 72.8 Å². The van der Waals surface area contributed by atoms with Crippen molar-refractivity contribution in [1.82, 2.24) is 25.5 Å². The Morgan fingerprint density at radius 3 is 2.83 bits per heavy atom. The van der Waals surface area contributed by atoms with Gasteiger partial charge in [0, 0.05) is 25.0 Å². The highest BCUT2D eigenvalue weighted by Gasteiger charge is 2.14. The Hall–Kier alpha value is -1.63. The quantitative estimate of drug-likeness (QED) is 0.774. The molecule has 0 amide bonds. The lowest BCUT2D eigenvalue weighted by Gasteiger charge is -2.11. The zero-order chi connectivity index (χ0) is 15.9. The molecule has 1 aliphatic heterocycles. The molecule has 0 aliphatic carbocycles. The van der Waals surface area contributed by atoms with Gasteiger partial charge in [0.25, 0.3) is 0 Å². The summed E-state index contributed by atoms with van der Waals surface area (Å²) in [4.78, 5) is 8.57. The second-order valence-corrected chi connectivity index (χ2v) is 5.90. The molecular weight excluding hydrogens is 326 g/mol. The minimum absolute atomic E-state index is 0. The summed E-state index contributed by atoms with van der Waals surface area (Å²) < 4.78 is 5.79. The van der Waals surface area contributed by atoms with E-state index in [0.717, 1.165) is 49.6 Å². The third kappa shape index (κ3) is 5.19. The van der Waals surface area contributed by atoms with E-state index in [1.807, 2.05) is 6.92 Å². The molecule has 1 atom stereocenters. The van der Waals surface area contributed by atoms with Crippen LogP contribution in [0.2, 0.25) is 0 Å². The molecule has 0 radical (unpaired) electrons. The smallest absolute Gasteiger partial charge is 0.180 e. The first-order chi connectivity index (χ1) is 11.3. The van der Waals surface area contributed by atoms with Gasteiger partial charge in [0.05, 0.1) is 12.3 Å². The molecule has 130 valence electrons. The molecule has 0 saturated carbocycles. The summed E-state index contributed by atoms with van der Waals surface area (Å²) in [6, 6.07) is 4.40. The van der Waals surface area contributed by atoms with Gasteiger partial charge in [-0.2, -0.15) is 5.10 Å². The van der Waals surface area contributed by atoms with E-state index in [4.69, 9.17) is 4.74 Å². The number of aryl methyl sites for hydroxylation is 2. The molecule has 1 aliphatic rings. The average Bonchev–Trinajstić information content (AvgIpc) is 3.09. The van der Waals surface area contributed by atoms with E-state index >= 15 is 0 Å². The molecule has 0 bridgehead atoms. The number of hydrogen-bond donors (Lipinski definition) is 1. The molecule has 3 rings (SSSR count). The summed E-state index contributed by atoms with van der Waals surface area (Å²) in [6.07, 6.45) is 7.79. The predicted octanol–water partition coefficient (Wildman–Crippen LogP) is 2.37. The van der Waals surface area contributed by atoms with Crippen LogP contribution in [-0.2, 0) is 11.2 Å². The summed E-state index contributed by atoms with van der Waals surface area (Å²) >= 11 is 0. The van der Waals surface area contributed by atoms with Gasteiger partial charge in [-0.1, -0.05) is 0 Å². The van der Waals surface area contributed by atoms with Crippen molar-refractivity contribution in [3.8, 4) is 11.5 Å². The number of nitrogens with one attached hydrogen (secondary N) is 1. The monoisotopic (exact) mass is 349 g/mol. The van der Waals surface area contributed by atoms with E-state index in [0.29, 0.717) is 11.9 Å². The van der Waals surface area contributed by atoms with Gasteiger partial charge in [0.15, 0.2) is 5.82 Å². The van der Waals surface area contributed by atoms with E-state index in [9.17, 15) is 0 Å². The van der Waals surface area contributed by atoms with Gasteiger partial charge in [0.1, 0.15) is 5.69 Å². The van der Waals surface area contributed by atoms with Crippen molar-refractivity contribution in [3.05, 3.63) is 35.8 Å². The number of halogens is 1. The Labute approximate surface area is 148 Å². The van der Waals surface area contributed by atoms with Gasteiger partial charge >= 0.3 is 0 Å². The molecule has 2 aromatic rings. The van der Waals surface area contributed by atoms with Crippen molar-refractivity contribution in [3.63, 3.8) is 0 Å². The van der Waals surface area contributed by atoms with Crippen molar-refractivity contribution in [2.75, 3.05) is 19.8 Å². The Morgan fingerprint density at radius 2 is 2.08 bits per heavy atom. The van der Waals surface area contributed by atoms with Gasteiger partial charge in [0.2, 0.25) is 0 Å². The van der Waals surface area contributed by atoms with Crippen LogP contribution in [0.25, 0.3) is 11.5 Å². The van der Waals surface area contributed by atoms with Crippen LogP contribution < -0.4 is 5.32 Å². The van der Waals surface area contributed by atoms with Gasteiger partial charge < -0.3 is 10.1 Å². The fourth-order valence-corrected chi connectivity index (χ4v) is 2.83. The van der Waals surface area contributed by atoms with Gasteiger partial charge in [-0.15, -0.1) is 17.5 Å². The van der Waals surface area contributed by atoms with Crippen molar-refractivity contribution in [1.29, 1.82) is 0 Å². The van der Waals surface area contributed by atoms with Crippen LogP contribution in [0, 0.1) is 6.92 Å². The third-order valence-electron chi connectivity index (χ3n) is 3.99. The van der Waals surface area contributed by atoms with Crippen LogP contribution >= 0.6 is 12.4 Å². The summed E-state index contributed by atoms with van der Waals surface area (Å²) in [5, 5.41) is 11.9. The minimum atomic E-state index is 0. The Morgan fingerprint density at radius 1 is 1.25 bits per heavy atom. The van der Waals surface area contributed by atoms with Crippen molar-refractivity contribution in [2.24, 2.45) is 0 Å². The standard InChI is InChI=1S/C17H23N5O.ClH/c1-13-11-14(5-3-10-23-12-15-6-2-7-18-15)16(22-21-13)17-19-8-4-9-20-17;/h4,8-9,11,15,18H,2-3,5-7,10,12H2,1H3;1H. The minimum Gasteiger partial charge on any atom is -0.380 e. The molecule has 1 unspecified atom stereocenters. The summed E-state index contributed by atoms with van der Waals surface area (Å²) in [5.41, 5.74) is 2.82. The van der Waals surface area contributed by atoms with Crippen LogP contribution in [0.4, 0.5) is 0 Å². The maximum atomic E-state index is 5.79. The zero-order valence-corrected chi connectivity index (χ0v) is 14.8. The molecule has 1 saturated heterocycles. The van der Waals surface area contributed by atoms with E-state index in [2.05, 4.69) is 31.5 Å². The van der Waals surface area contributed by atoms with Crippen molar-refractivity contribution in [2.45, 2.75) is 38.6 Å². The Bertz CT molecular complexity index is 620. The van der Waals surface area contributed by atoms with Crippen molar-refractivity contribution < 1.29 is 4.74 Å². The first-order valence-electron chi connectivity index (χ1n) is 8.24. The molecule has 0 aromatic carbocycles. The molecule has 1 N–H and O–H groups in total. The lowest BCUT2D eigenvalue weighted by Crippen LogP contribution is -2.26. The van der Waals surface area contributed by atoms with Crippen LogP contribution in [0.5, 0.6) is 0 Å². The fourth-order valence-electron chi connectivity index (χ4n) is 2.83. The number of aromatic nitrogens is 4. The largest absolute Gasteiger partial charge is 0.380 e. The summed E-state index contributed by atoms with van der Waals surface area (Å²) in [7, 11) is 0. The summed E-state index contributed by atoms with van der Waals surface area (Å²) in [5.74, 6) is 0.631. The second-order valence-electron chi connectivity index (χ2n) is 5.90. The van der Waals surface area contributed by atoms with Crippen LogP contribution in [0.15, 0.2) is 24.5 Å². The van der Waals surface area contributed by atoms with E-state index in [1.165, 1.54) is 12.8 Å². The zero-order valence-electron chi connectivity index (χ0n) is 13.9. The third-order valence-corrected chi connectivity index (χ3v) is 3.99. The molecule has 24 heavy (non-hydrogen) atoms. The molecule has 2 aromatic heterocycles. The lowest BCUT2D eigenvalue weighted by molar-refractivity contribution is 0.114. The van der Waals surface area contributed by atoms with Gasteiger partial charge in [-0.05, 0) is 56.8 Å².